The van der Waals surface area contributed by atoms with Gasteiger partial charge in [-0.2, -0.15) is 0 Å². The van der Waals surface area contributed by atoms with E-state index in [2.05, 4.69) is 11.6 Å². The lowest BCUT2D eigenvalue weighted by molar-refractivity contribution is 0.310. The number of anilines is 1. The maximum atomic E-state index is 5.55. The van der Waals surface area contributed by atoms with E-state index in [1.807, 2.05) is 19.1 Å². The number of hydrogen-bond donors (Lipinski definition) is 1. The number of nitrogen functional groups attached to an aromatic ring is 1. The number of aryl methyl sites for hydroxylation is 1. The molecule has 0 aliphatic heterocycles. The lowest BCUT2D eigenvalue weighted by atomic mass is 10.3. The number of rotatable bonds is 4. The minimum Gasteiger partial charge on any atom is -0.477 e. The Morgan fingerprint density at radius 1 is 1.69 bits per heavy atom. The van der Waals surface area contributed by atoms with Crippen molar-refractivity contribution in [3.63, 3.8) is 0 Å². The maximum Gasteiger partial charge on any atom is 0.216 e. The highest BCUT2D eigenvalue weighted by Gasteiger charge is 1.99. The van der Waals surface area contributed by atoms with Crippen molar-refractivity contribution in [1.29, 1.82) is 0 Å². The second-order valence-corrected chi connectivity index (χ2v) is 2.82. The lowest BCUT2D eigenvalue weighted by Gasteiger charge is -2.06. The van der Waals surface area contributed by atoms with E-state index in [9.17, 15) is 0 Å². The van der Waals surface area contributed by atoms with Gasteiger partial charge >= 0.3 is 0 Å². The topological polar surface area (TPSA) is 48.1 Å². The highest BCUT2D eigenvalue weighted by molar-refractivity contribution is 5.41. The maximum absolute atomic E-state index is 5.55. The van der Waals surface area contributed by atoms with Crippen molar-refractivity contribution >= 4 is 5.69 Å². The summed E-state index contributed by atoms with van der Waals surface area (Å²) in [6.45, 7) is 6.14. The molecule has 0 unspecified atom stereocenters. The van der Waals surface area contributed by atoms with Crippen LogP contribution in [0.1, 0.15) is 12.0 Å². The molecular formula is C10H14N2O. The normalized spacial score (nSPS) is 9.62. The molecule has 0 aliphatic rings. The summed E-state index contributed by atoms with van der Waals surface area (Å²) in [5.41, 5.74) is 7.17. The number of aromatic nitrogens is 1. The fourth-order valence-corrected chi connectivity index (χ4v) is 0.974. The summed E-state index contributed by atoms with van der Waals surface area (Å²) in [4.78, 5) is 4.07. The summed E-state index contributed by atoms with van der Waals surface area (Å²) >= 11 is 0. The van der Waals surface area contributed by atoms with Gasteiger partial charge in [0, 0.05) is 5.56 Å². The van der Waals surface area contributed by atoms with Gasteiger partial charge in [-0.3, -0.25) is 0 Å². The van der Waals surface area contributed by atoms with Gasteiger partial charge in [0.15, 0.2) is 0 Å². The molecular weight excluding hydrogens is 164 g/mol. The molecule has 1 rings (SSSR count). The molecule has 0 aliphatic carbocycles. The van der Waals surface area contributed by atoms with E-state index in [0.29, 0.717) is 18.2 Å². The Kier molecular flexibility index (Phi) is 3.31. The summed E-state index contributed by atoms with van der Waals surface area (Å²) < 4.78 is 5.39. The fourth-order valence-electron chi connectivity index (χ4n) is 0.974. The zero-order valence-electron chi connectivity index (χ0n) is 7.79. The van der Waals surface area contributed by atoms with Crippen molar-refractivity contribution in [2.45, 2.75) is 13.3 Å². The number of nitrogens with zero attached hydrogens (tertiary/aromatic N) is 1. The zero-order valence-corrected chi connectivity index (χ0v) is 7.79. The van der Waals surface area contributed by atoms with E-state index < -0.39 is 0 Å². The Hall–Kier alpha value is -1.51. The van der Waals surface area contributed by atoms with E-state index >= 15 is 0 Å². The largest absolute Gasteiger partial charge is 0.477 e. The molecule has 1 aromatic heterocycles. The predicted molar refractivity (Wildman–Crippen MR) is 53.7 cm³/mol. The van der Waals surface area contributed by atoms with Gasteiger partial charge in [0.25, 0.3) is 0 Å². The first-order valence-electron chi connectivity index (χ1n) is 4.20. The van der Waals surface area contributed by atoms with Gasteiger partial charge in [0.1, 0.15) is 0 Å². The summed E-state index contributed by atoms with van der Waals surface area (Å²) in [5, 5.41) is 0. The number of hydrogen-bond acceptors (Lipinski definition) is 3. The van der Waals surface area contributed by atoms with E-state index in [0.717, 1.165) is 12.0 Å². The van der Waals surface area contributed by atoms with E-state index in [-0.39, 0.29) is 0 Å². The average Bonchev–Trinajstić information content (AvgIpc) is 2.09. The van der Waals surface area contributed by atoms with Crippen LogP contribution in [-0.2, 0) is 0 Å². The molecule has 0 saturated heterocycles. The van der Waals surface area contributed by atoms with Crippen LogP contribution in [0.5, 0.6) is 5.88 Å². The Morgan fingerprint density at radius 2 is 2.46 bits per heavy atom. The number of pyridine rings is 1. The van der Waals surface area contributed by atoms with Crippen LogP contribution in [0, 0.1) is 6.92 Å². The summed E-state index contributed by atoms with van der Waals surface area (Å²) in [6.07, 6.45) is 4.23. The molecule has 0 aromatic carbocycles. The molecule has 0 saturated carbocycles. The van der Waals surface area contributed by atoms with Crippen molar-refractivity contribution in [3.05, 3.63) is 30.5 Å². The predicted octanol–water partition coefficient (Wildman–Crippen LogP) is 1.93. The zero-order chi connectivity index (χ0) is 9.68. The first kappa shape index (κ1) is 9.58. The van der Waals surface area contributed by atoms with Gasteiger partial charge in [0.05, 0.1) is 18.5 Å². The van der Waals surface area contributed by atoms with Crippen molar-refractivity contribution in [3.8, 4) is 5.88 Å². The molecule has 2 N–H and O–H groups in total. The third-order valence-electron chi connectivity index (χ3n) is 1.61. The van der Waals surface area contributed by atoms with Crippen LogP contribution >= 0.6 is 0 Å². The lowest BCUT2D eigenvalue weighted by Crippen LogP contribution is -2.00. The SMILES string of the molecule is C=CCCOc1ncc(N)cc1C. The number of nitrogens with two attached hydrogens (primary N) is 1. The smallest absolute Gasteiger partial charge is 0.216 e. The summed E-state index contributed by atoms with van der Waals surface area (Å²) in [6, 6.07) is 1.84. The summed E-state index contributed by atoms with van der Waals surface area (Å²) in [7, 11) is 0. The van der Waals surface area contributed by atoms with Gasteiger partial charge in [-0.15, -0.1) is 6.58 Å². The molecule has 0 fully saturated rings. The van der Waals surface area contributed by atoms with E-state index in [4.69, 9.17) is 10.5 Å². The molecule has 0 amide bonds. The number of ether oxygens (including phenoxy) is 1. The molecule has 0 spiro atoms. The highest BCUT2D eigenvalue weighted by atomic mass is 16.5. The van der Waals surface area contributed by atoms with Crippen LogP contribution in [0.2, 0.25) is 0 Å². The molecule has 0 radical (unpaired) electrons. The Labute approximate surface area is 78.2 Å². The van der Waals surface area contributed by atoms with E-state index in [1.54, 1.807) is 6.20 Å². The monoisotopic (exact) mass is 178 g/mol. The molecule has 70 valence electrons. The molecule has 3 nitrogen and oxygen atoms in total. The van der Waals surface area contributed by atoms with Gasteiger partial charge in [0.2, 0.25) is 5.88 Å². The van der Waals surface area contributed by atoms with Crippen LogP contribution < -0.4 is 10.5 Å². The Bertz CT molecular complexity index is 297. The first-order valence-corrected chi connectivity index (χ1v) is 4.20. The van der Waals surface area contributed by atoms with Crippen LogP contribution in [-0.4, -0.2) is 11.6 Å². The average molecular weight is 178 g/mol. The van der Waals surface area contributed by atoms with Crippen LogP contribution in [0.25, 0.3) is 0 Å². The molecule has 3 heteroatoms. The summed E-state index contributed by atoms with van der Waals surface area (Å²) in [5.74, 6) is 0.649. The second kappa shape index (κ2) is 4.50. The highest BCUT2D eigenvalue weighted by Crippen LogP contribution is 2.16. The quantitative estimate of drug-likeness (QED) is 0.566. The molecule has 1 heterocycles. The standard InChI is InChI=1S/C10H14N2O/c1-3-4-5-13-10-8(2)6-9(11)7-12-10/h3,6-7H,1,4-5,11H2,2H3. The van der Waals surface area contributed by atoms with E-state index in [1.165, 1.54) is 0 Å². The van der Waals surface area contributed by atoms with Gasteiger partial charge in [-0.1, -0.05) is 6.08 Å². The minimum absolute atomic E-state index is 0.612. The second-order valence-electron chi connectivity index (χ2n) is 2.82. The van der Waals surface area contributed by atoms with Crippen LogP contribution in [0.4, 0.5) is 5.69 Å². The Morgan fingerprint density at radius 3 is 3.08 bits per heavy atom. The molecule has 0 bridgehead atoms. The molecule has 13 heavy (non-hydrogen) atoms. The van der Waals surface area contributed by atoms with Crippen LogP contribution in [0.15, 0.2) is 24.9 Å². The van der Waals surface area contributed by atoms with Crippen molar-refractivity contribution < 1.29 is 4.74 Å². The van der Waals surface area contributed by atoms with Crippen molar-refractivity contribution in [2.75, 3.05) is 12.3 Å². The first-order chi connectivity index (χ1) is 6.24. The fraction of sp³-hybridized carbons (Fsp3) is 0.300. The van der Waals surface area contributed by atoms with Crippen LogP contribution in [0.3, 0.4) is 0 Å². The van der Waals surface area contributed by atoms with Gasteiger partial charge in [-0.05, 0) is 19.4 Å². The van der Waals surface area contributed by atoms with Crippen molar-refractivity contribution in [2.24, 2.45) is 0 Å². The minimum atomic E-state index is 0.612. The molecule has 1 aromatic rings. The Balaban J connectivity index is 2.61. The molecule has 0 atom stereocenters. The van der Waals surface area contributed by atoms with Gasteiger partial charge in [-0.25, -0.2) is 4.98 Å². The third kappa shape index (κ3) is 2.78. The van der Waals surface area contributed by atoms with Crippen molar-refractivity contribution in [1.82, 2.24) is 4.98 Å². The van der Waals surface area contributed by atoms with Gasteiger partial charge < -0.3 is 10.5 Å². The third-order valence-corrected chi connectivity index (χ3v) is 1.61.